The first-order chi connectivity index (χ1) is 16.7. The van der Waals surface area contributed by atoms with E-state index >= 15 is 0 Å². The Morgan fingerprint density at radius 3 is 2.60 bits per heavy atom. The second-order valence-electron chi connectivity index (χ2n) is 8.70. The predicted molar refractivity (Wildman–Crippen MR) is 135 cm³/mol. The number of ether oxygens (including phenoxy) is 1. The van der Waals surface area contributed by atoms with Crippen LogP contribution in [0.2, 0.25) is 5.02 Å². The SMILES string of the molecule is CC(O)C1(C)Nc2c(cnc3[nH]cc(C(=O)c4ccc(Oc5ccccc5)cc4Cl)c23)N(C)C1=O. The lowest BCUT2D eigenvalue weighted by Crippen LogP contribution is -2.60. The molecule has 0 aliphatic carbocycles. The standard InChI is InChI=1S/C26H23ClN4O4/c1-14(32)26(2)25(34)31(3)20-13-29-24-21(22(20)30-26)18(12-28-24)23(33)17-10-9-16(11-19(17)27)35-15-7-5-4-6-8-15/h4-14,30,32H,1-3H3,(H,28,29). The minimum Gasteiger partial charge on any atom is -0.457 e. The van der Waals surface area contributed by atoms with E-state index < -0.39 is 11.6 Å². The largest absolute Gasteiger partial charge is 0.457 e. The van der Waals surface area contributed by atoms with Crippen LogP contribution in [0.5, 0.6) is 11.5 Å². The first-order valence-electron chi connectivity index (χ1n) is 11.0. The number of benzene rings is 2. The van der Waals surface area contributed by atoms with E-state index in [2.05, 4.69) is 15.3 Å². The number of pyridine rings is 1. The molecule has 2 unspecified atom stereocenters. The van der Waals surface area contributed by atoms with Crippen LogP contribution in [0.25, 0.3) is 11.0 Å². The Bertz CT molecular complexity index is 1470. The summed E-state index contributed by atoms with van der Waals surface area (Å²) in [5.41, 5.74) is 0.866. The predicted octanol–water partition coefficient (Wildman–Crippen LogP) is 4.77. The molecule has 2 aromatic carbocycles. The van der Waals surface area contributed by atoms with Crippen molar-refractivity contribution in [1.82, 2.24) is 9.97 Å². The third kappa shape index (κ3) is 3.71. The molecule has 0 bridgehead atoms. The normalized spacial score (nSPS) is 18.2. The third-order valence-electron chi connectivity index (χ3n) is 6.42. The van der Waals surface area contributed by atoms with Gasteiger partial charge in [0.2, 0.25) is 0 Å². The first-order valence-corrected chi connectivity index (χ1v) is 11.4. The molecule has 5 rings (SSSR count). The van der Waals surface area contributed by atoms with Gasteiger partial charge in [0.25, 0.3) is 5.91 Å². The Kier molecular flexibility index (Phi) is 5.50. The highest BCUT2D eigenvalue weighted by molar-refractivity contribution is 6.36. The Balaban J connectivity index is 1.56. The molecule has 0 saturated carbocycles. The lowest BCUT2D eigenvalue weighted by molar-refractivity contribution is -0.125. The number of hydrogen-bond donors (Lipinski definition) is 3. The summed E-state index contributed by atoms with van der Waals surface area (Å²) in [6.45, 7) is 3.17. The van der Waals surface area contributed by atoms with Gasteiger partial charge in [-0.15, -0.1) is 0 Å². The second-order valence-corrected chi connectivity index (χ2v) is 9.10. The van der Waals surface area contributed by atoms with Gasteiger partial charge in [-0.1, -0.05) is 29.8 Å². The van der Waals surface area contributed by atoms with Crippen LogP contribution in [0.1, 0.15) is 29.8 Å². The van der Waals surface area contributed by atoms with Crippen LogP contribution in [0.3, 0.4) is 0 Å². The topological polar surface area (TPSA) is 108 Å². The van der Waals surface area contributed by atoms with Crippen molar-refractivity contribution in [2.45, 2.75) is 25.5 Å². The number of ketones is 1. The molecule has 3 N–H and O–H groups in total. The minimum absolute atomic E-state index is 0.240. The molecule has 2 aromatic heterocycles. The molecule has 1 aliphatic rings. The molecular formula is C26H23ClN4O4. The number of amides is 1. The zero-order chi connectivity index (χ0) is 24.9. The molecule has 178 valence electrons. The number of aliphatic hydroxyl groups is 1. The number of para-hydroxylation sites is 1. The summed E-state index contributed by atoms with van der Waals surface area (Å²) < 4.78 is 5.81. The van der Waals surface area contributed by atoms with Crippen molar-refractivity contribution in [2.75, 3.05) is 17.3 Å². The van der Waals surface area contributed by atoms with Crippen molar-refractivity contribution in [3.63, 3.8) is 0 Å². The lowest BCUT2D eigenvalue weighted by atomic mass is 9.90. The number of halogens is 1. The number of aliphatic hydroxyl groups excluding tert-OH is 1. The van der Waals surface area contributed by atoms with E-state index in [1.807, 2.05) is 30.3 Å². The molecule has 0 spiro atoms. The van der Waals surface area contributed by atoms with Gasteiger partial charge in [-0.3, -0.25) is 9.59 Å². The van der Waals surface area contributed by atoms with Gasteiger partial charge in [0, 0.05) is 24.9 Å². The van der Waals surface area contributed by atoms with Crippen LogP contribution in [0.4, 0.5) is 11.4 Å². The van der Waals surface area contributed by atoms with Crippen LogP contribution in [0.15, 0.2) is 60.9 Å². The molecule has 0 fully saturated rings. The summed E-state index contributed by atoms with van der Waals surface area (Å²) >= 11 is 6.50. The number of anilines is 2. The van der Waals surface area contributed by atoms with E-state index in [9.17, 15) is 14.7 Å². The Morgan fingerprint density at radius 1 is 1.17 bits per heavy atom. The number of fused-ring (bicyclic) bond motifs is 3. The molecule has 9 heteroatoms. The molecule has 35 heavy (non-hydrogen) atoms. The zero-order valence-electron chi connectivity index (χ0n) is 19.3. The monoisotopic (exact) mass is 490 g/mol. The quantitative estimate of drug-likeness (QED) is 0.348. The summed E-state index contributed by atoms with van der Waals surface area (Å²) in [7, 11) is 1.62. The molecule has 3 heterocycles. The number of aromatic nitrogens is 2. The average molecular weight is 491 g/mol. The van der Waals surface area contributed by atoms with E-state index in [1.54, 1.807) is 51.5 Å². The van der Waals surface area contributed by atoms with Crippen LogP contribution in [-0.4, -0.2) is 45.5 Å². The number of nitrogens with zero attached hydrogens (tertiary/aromatic N) is 2. The summed E-state index contributed by atoms with van der Waals surface area (Å²) in [5.74, 6) is 0.539. The number of rotatable bonds is 5. The minimum atomic E-state index is -1.28. The summed E-state index contributed by atoms with van der Waals surface area (Å²) in [5, 5.41) is 14.3. The van der Waals surface area contributed by atoms with Crippen LogP contribution in [-0.2, 0) is 4.79 Å². The van der Waals surface area contributed by atoms with Crippen molar-refractivity contribution >= 4 is 45.7 Å². The van der Waals surface area contributed by atoms with E-state index in [-0.39, 0.29) is 16.7 Å². The Labute approximate surface area is 206 Å². The molecule has 1 aliphatic heterocycles. The summed E-state index contributed by atoms with van der Waals surface area (Å²) in [6, 6.07) is 14.2. The highest BCUT2D eigenvalue weighted by atomic mass is 35.5. The van der Waals surface area contributed by atoms with Crippen molar-refractivity contribution in [3.8, 4) is 11.5 Å². The Morgan fingerprint density at radius 2 is 1.91 bits per heavy atom. The van der Waals surface area contributed by atoms with Gasteiger partial charge in [0.15, 0.2) is 5.78 Å². The van der Waals surface area contributed by atoms with Crippen molar-refractivity contribution < 1.29 is 19.4 Å². The highest BCUT2D eigenvalue weighted by Gasteiger charge is 2.45. The maximum absolute atomic E-state index is 13.6. The van der Waals surface area contributed by atoms with Gasteiger partial charge in [0.1, 0.15) is 22.7 Å². The molecular weight excluding hydrogens is 468 g/mol. The molecule has 0 saturated heterocycles. The maximum atomic E-state index is 13.6. The molecule has 8 nitrogen and oxygen atoms in total. The van der Waals surface area contributed by atoms with Gasteiger partial charge < -0.3 is 25.0 Å². The van der Waals surface area contributed by atoms with Gasteiger partial charge >= 0.3 is 0 Å². The van der Waals surface area contributed by atoms with Crippen LogP contribution in [0, 0.1) is 0 Å². The number of H-pyrrole nitrogens is 1. The van der Waals surface area contributed by atoms with Gasteiger partial charge in [-0.05, 0) is 38.1 Å². The summed E-state index contributed by atoms with van der Waals surface area (Å²) in [6.07, 6.45) is 2.14. The molecule has 1 amide bonds. The van der Waals surface area contributed by atoms with Crippen LogP contribution < -0.4 is 15.0 Å². The van der Waals surface area contributed by atoms with E-state index in [0.29, 0.717) is 45.0 Å². The number of nitrogens with one attached hydrogen (secondary N) is 2. The highest BCUT2D eigenvalue weighted by Crippen LogP contribution is 2.42. The van der Waals surface area contributed by atoms with Gasteiger partial charge in [-0.25, -0.2) is 4.98 Å². The third-order valence-corrected chi connectivity index (χ3v) is 6.73. The fraction of sp³-hybridized carbons (Fsp3) is 0.192. The Hall–Kier alpha value is -3.88. The number of carbonyl (C=O) groups is 2. The summed E-state index contributed by atoms with van der Waals surface area (Å²) in [4.78, 5) is 35.4. The van der Waals surface area contributed by atoms with Crippen LogP contribution >= 0.6 is 11.6 Å². The number of likely N-dealkylation sites (N-methyl/N-ethyl adjacent to an activating group) is 1. The average Bonchev–Trinajstić information content (AvgIpc) is 3.28. The fourth-order valence-corrected chi connectivity index (χ4v) is 4.47. The lowest BCUT2D eigenvalue weighted by Gasteiger charge is -2.42. The van der Waals surface area contributed by atoms with Gasteiger partial charge in [0.05, 0.1) is 39.6 Å². The zero-order valence-corrected chi connectivity index (χ0v) is 20.1. The maximum Gasteiger partial charge on any atom is 0.254 e. The number of carbonyl (C=O) groups excluding carboxylic acids is 2. The van der Waals surface area contributed by atoms with E-state index in [4.69, 9.17) is 16.3 Å². The molecule has 2 atom stereocenters. The first kappa shape index (κ1) is 22.9. The van der Waals surface area contributed by atoms with Crippen molar-refractivity contribution in [3.05, 3.63) is 77.1 Å². The van der Waals surface area contributed by atoms with E-state index in [0.717, 1.165) is 0 Å². The number of hydrogen-bond acceptors (Lipinski definition) is 6. The second kappa shape index (κ2) is 8.41. The number of aromatic amines is 1. The smallest absolute Gasteiger partial charge is 0.254 e. The van der Waals surface area contributed by atoms with Crippen molar-refractivity contribution in [1.29, 1.82) is 0 Å². The van der Waals surface area contributed by atoms with Gasteiger partial charge in [-0.2, -0.15) is 0 Å². The molecule has 4 aromatic rings. The molecule has 0 radical (unpaired) electrons. The fourth-order valence-electron chi connectivity index (χ4n) is 4.21. The van der Waals surface area contributed by atoms with Crippen molar-refractivity contribution in [2.24, 2.45) is 0 Å². The van der Waals surface area contributed by atoms with E-state index in [1.165, 1.54) is 4.90 Å².